The number of piperazine rings is 1. The van der Waals surface area contributed by atoms with Crippen molar-refractivity contribution in [3.05, 3.63) is 41.9 Å². The highest BCUT2D eigenvalue weighted by Gasteiger charge is 2.29. The van der Waals surface area contributed by atoms with Gasteiger partial charge in [-0.3, -0.25) is 0 Å². The van der Waals surface area contributed by atoms with Crippen molar-refractivity contribution in [1.82, 2.24) is 10.2 Å². The van der Waals surface area contributed by atoms with Gasteiger partial charge in [0.05, 0.1) is 6.04 Å². The molecule has 0 aliphatic carbocycles. The lowest BCUT2D eigenvalue weighted by Crippen LogP contribution is -2.57. The molecule has 1 fully saturated rings. The Balaban J connectivity index is 2.06. The first-order valence-electron chi connectivity index (χ1n) is 8.31. The maximum atomic E-state index is 12.3. The molecule has 1 aromatic rings. The Morgan fingerprint density at radius 3 is 2.78 bits per heavy atom. The molecule has 126 valence electrons. The summed E-state index contributed by atoms with van der Waals surface area (Å²) in [7, 11) is 0. The topological polar surface area (TPSA) is 35.6 Å². The molecule has 1 saturated heterocycles. The number of rotatable bonds is 6. The molecule has 0 spiro atoms. The molecule has 0 bridgehead atoms. The van der Waals surface area contributed by atoms with Crippen molar-refractivity contribution in [2.24, 2.45) is 0 Å². The largest absolute Gasteiger partial charge is 0.368 e. The minimum atomic E-state index is 0.0480. The average molecular weight is 336 g/mol. The minimum Gasteiger partial charge on any atom is -0.368 e. The Morgan fingerprint density at radius 2 is 2.13 bits per heavy atom. The van der Waals surface area contributed by atoms with Crippen LogP contribution in [0.5, 0.6) is 0 Å². The zero-order valence-corrected chi connectivity index (χ0v) is 14.6. The molecule has 1 N–H and O–H groups in total. The number of unbranched alkanes of at least 4 members (excludes halogenated alkanes) is 1. The molecule has 0 saturated carbocycles. The number of hydrogen-bond acceptors (Lipinski definition) is 2. The number of allylic oxidation sites excluding steroid dienone is 1. The van der Waals surface area contributed by atoms with Crippen molar-refractivity contribution in [3.8, 4) is 0 Å². The van der Waals surface area contributed by atoms with Gasteiger partial charge in [-0.25, -0.2) is 4.79 Å². The van der Waals surface area contributed by atoms with Crippen LogP contribution in [-0.4, -0.2) is 43.2 Å². The summed E-state index contributed by atoms with van der Waals surface area (Å²) in [6.07, 6.45) is 4.97. The van der Waals surface area contributed by atoms with Crippen molar-refractivity contribution in [2.45, 2.75) is 32.2 Å². The lowest BCUT2D eigenvalue weighted by Gasteiger charge is -2.42. The first-order chi connectivity index (χ1) is 11.2. The Bertz CT molecular complexity index is 518. The normalized spacial score (nSPS) is 17.9. The van der Waals surface area contributed by atoms with Gasteiger partial charge in [-0.1, -0.05) is 17.7 Å². The Morgan fingerprint density at radius 1 is 1.39 bits per heavy atom. The van der Waals surface area contributed by atoms with Gasteiger partial charge < -0.3 is 15.1 Å². The maximum absolute atomic E-state index is 12.3. The third kappa shape index (κ3) is 4.90. The van der Waals surface area contributed by atoms with Gasteiger partial charge in [-0.05, 0) is 50.5 Å². The van der Waals surface area contributed by atoms with Crippen LogP contribution in [0.1, 0.15) is 26.2 Å². The molecule has 5 heteroatoms. The second kappa shape index (κ2) is 8.82. The summed E-state index contributed by atoms with van der Waals surface area (Å²) < 4.78 is 0. The predicted octanol–water partition coefficient (Wildman–Crippen LogP) is 3.92. The van der Waals surface area contributed by atoms with Gasteiger partial charge in [0.1, 0.15) is 0 Å². The van der Waals surface area contributed by atoms with E-state index in [1.165, 1.54) is 5.69 Å². The number of amides is 2. The van der Waals surface area contributed by atoms with Crippen molar-refractivity contribution < 1.29 is 4.79 Å². The number of hydrogen-bond donors (Lipinski definition) is 1. The lowest BCUT2D eigenvalue weighted by atomic mass is 10.0. The number of urea groups is 1. The summed E-state index contributed by atoms with van der Waals surface area (Å²) in [6, 6.07) is 8.20. The fourth-order valence-electron chi connectivity index (χ4n) is 3.01. The number of nitrogens with zero attached hydrogens (tertiary/aromatic N) is 2. The highest BCUT2D eigenvalue weighted by Crippen LogP contribution is 2.23. The van der Waals surface area contributed by atoms with E-state index in [-0.39, 0.29) is 12.1 Å². The minimum absolute atomic E-state index is 0.0480. The summed E-state index contributed by atoms with van der Waals surface area (Å²) >= 11 is 5.97. The molecule has 0 radical (unpaired) electrons. The molecular weight excluding hydrogens is 310 g/mol. The quantitative estimate of drug-likeness (QED) is 0.632. The molecule has 2 rings (SSSR count). The molecule has 1 aliphatic heterocycles. The number of carbonyl (C=O) groups excluding carboxylic acids is 1. The van der Waals surface area contributed by atoms with Gasteiger partial charge in [0, 0.05) is 36.9 Å². The van der Waals surface area contributed by atoms with Crippen LogP contribution < -0.4 is 10.2 Å². The van der Waals surface area contributed by atoms with E-state index in [4.69, 9.17) is 11.6 Å². The predicted molar refractivity (Wildman–Crippen MR) is 97.3 cm³/mol. The molecule has 4 nitrogen and oxygen atoms in total. The number of nitrogens with one attached hydrogen (secondary N) is 1. The third-order valence-corrected chi connectivity index (χ3v) is 4.46. The lowest BCUT2D eigenvalue weighted by molar-refractivity contribution is 0.161. The summed E-state index contributed by atoms with van der Waals surface area (Å²) in [5, 5.41) is 3.68. The molecule has 1 heterocycles. The van der Waals surface area contributed by atoms with Gasteiger partial charge in [0.15, 0.2) is 0 Å². The molecule has 1 atom stereocenters. The zero-order chi connectivity index (χ0) is 16.7. The SMILES string of the molecule is C=CCCCC1CN(c2ccc(Cl)cc2)CCN1C(=O)NCC. The van der Waals surface area contributed by atoms with E-state index in [0.717, 1.165) is 43.9 Å². The van der Waals surface area contributed by atoms with E-state index in [9.17, 15) is 4.79 Å². The van der Waals surface area contributed by atoms with Crippen molar-refractivity contribution >= 4 is 23.3 Å². The summed E-state index contributed by atoms with van der Waals surface area (Å²) in [6.45, 7) is 8.84. The smallest absolute Gasteiger partial charge is 0.317 e. The molecule has 2 amide bonds. The number of carbonyl (C=O) groups is 1. The first kappa shape index (κ1) is 17.7. The monoisotopic (exact) mass is 335 g/mol. The van der Waals surface area contributed by atoms with E-state index in [0.29, 0.717) is 6.54 Å². The first-order valence-corrected chi connectivity index (χ1v) is 8.69. The van der Waals surface area contributed by atoms with Crippen molar-refractivity contribution in [1.29, 1.82) is 0 Å². The summed E-state index contributed by atoms with van der Waals surface area (Å²) in [4.78, 5) is 16.6. The van der Waals surface area contributed by atoms with Crippen LogP contribution in [-0.2, 0) is 0 Å². The summed E-state index contributed by atoms with van der Waals surface area (Å²) in [5.41, 5.74) is 1.17. The zero-order valence-electron chi connectivity index (χ0n) is 13.8. The molecule has 1 unspecified atom stereocenters. The molecule has 0 aromatic heterocycles. The Hall–Kier alpha value is -1.68. The fraction of sp³-hybridized carbons (Fsp3) is 0.500. The Kier molecular flexibility index (Phi) is 6.78. The highest BCUT2D eigenvalue weighted by molar-refractivity contribution is 6.30. The van der Waals surface area contributed by atoms with Crippen LogP contribution in [0, 0.1) is 0 Å². The van der Waals surface area contributed by atoms with Gasteiger partial charge in [-0.15, -0.1) is 6.58 Å². The molecular formula is C18H26ClN3O. The fourth-order valence-corrected chi connectivity index (χ4v) is 3.13. The molecule has 23 heavy (non-hydrogen) atoms. The number of halogens is 1. The van der Waals surface area contributed by atoms with Crippen molar-refractivity contribution in [3.63, 3.8) is 0 Å². The average Bonchev–Trinajstić information content (AvgIpc) is 2.56. The van der Waals surface area contributed by atoms with Gasteiger partial charge in [0.25, 0.3) is 0 Å². The van der Waals surface area contributed by atoms with E-state index in [1.807, 2.05) is 42.2 Å². The van der Waals surface area contributed by atoms with Crippen LogP contribution >= 0.6 is 11.6 Å². The summed E-state index contributed by atoms with van der Waals surface area (Å²) in [5.74, 6) is 0. The standard InChI is InChI=1S/C18H26ClN3O/c1-3-5-6-7-17-14-21(16-10-8-15(19)9-11-16)12-13-22(17)18(23)20-4-2/h3,8-11,17H,1,4-7,12-14H2,2H3,(H,20,23). The number of anilines is 1. The van der Waals surface area contributed by atoms with E-state index in [1.54, 1.807) is 0 Å². The van der Waals surface area contributed by atoms with Crippen LogP contribution in [0.4, 0.5) is 10.5 Å². The van der Waals surface area contributed by atoms with Crippen LogP contribution in [0.2, 0.25) is 5.02 Å². The molecule has 1 aliphatic rings. The van der Waals surface area contributed by atoms with Gasteiger partial charge in [-0.2, -0.15) is 0 Å². The van der Waals surface area contributed by atoms with Crippen LogP contribution in [0.15, 0.2) is 36.9 Å². The number of benzene rings is 1. The second-order valence-electron chi connectivity index (χ2n) is 5.82. The highest BCUT2D eigenvalue weighted by atomic mass is 35.5. The van der Waals surface area contributed by atoms with Gasteiger partial charge >= 0.3 is 6.03 Å². The van der Waals surface area contributed by atoms with Crippen LogP contribution in [0.25, 0.3) is 0 Å². The Labute approximate surface area is 144 Å². The molecule has 1 aromatic carbocycles. The van der Waals surface area contributed by atoms with E-state index < -0.39 is 0 Å². The van der Waals surface area contributed by atoms with Crippen molar-refractivity contribution in [2.75, 3.05) is 31.1 Å². The van der Waals surface area contributed by atoms with Gasteiger partial charge in [0.2, 0.25) is 0 Å². The van der Waals surface area contributed by atoms with E-state index >= 15 is 0 Å². The maximum Gasteiger partial charge on any atom is 0.317 e. The van der Waals surface area contributed by atoms with Crippen LogP contribution in [0.3, 0.4) is 0 Å². The van der Waals surface area contributed by atoms with E-state index in [2.05, 4.69) is 16.8 Å². The third-order valence-electron chi connectivity index (χ3n) is 4.21. The second-order valence-corrected chi connectivity index (χ2v) is 6.26.